The van der Waals surface area contributed by atoms with Gasteiger partial charge in [0, 0.05) is 66.9 Å². The predicted octanol–water partition coefficient (Wildman–Crippen LogP) is 5.89. The Morgan fingerprint density at radius 3 is 2.47 bits per heavy atom. The van der Waals surface area contributed by atoms with E-state index < -0.39 is 11.7 Å². The van der Waals surface area contributed by atoms with Gasteiger partial charge in [0.2, 0.25) is 0 Å². The van der Waals surface area contributed by atoms with Crippen molar-refractivity contribution in [2.75, 3.05) is 40.5 Å². The molecule has 0 saturated carbocycles. The van der Waals surface area contributed by atoms with Gasteiger partial charge in [-0.2, -0.15) is 13.2 Å². The van der Waals surface area contributed by atoms with Gasteiger partial charge in [0.15, 0.2) is 0 Å². The van der Waals surface area contributed by atoms with Crippen LogP contribution in [0.15, 0.2) is 72.9 Å². The van der Waals surface area contributed by atoms with E-state index in [1.807, 2.05) is 30.0 Å². The van der Waals surface area contributed by atoms with Crippen molar-refractivity contribution in [2.45, 2.75) is 25.7 Å². The van der Waals surface area contributed by atoms with Crippen molar-refractivity contribution >= 4 is 16.8 Å². The van der Waals surface area contributed by atoms with Gasteiger partial charge in [-0.25, -0.2) is 0 Å². The molecule has 0 aliphatic carbocycles. The van der Waals surface area contributed by atoms with E-state index in [-0.39, 0.29) is 24.5 Å². The lowest BCUT2D eigenvalue weighted by atomic mass is 9.90. The molecule has 1 amide bonds. The molecular formula is C33H34F3N3O4. The highest BCUT2D eigenvalue weighted by Gasteiger charge is 2.36. The molecule has 1 aliphatic heterocycles. The molecule has 1 N–H and O–H groups in total. The van der Waals surface area contributed by atoms with Crippen LogP contribution in [0.3, 0.4) is 0 Å². The van der Waals surface area contributed by atoms with Crippen LogP contribution in [0.2, 0.25) is 0 Å². The molecular weight excluding hydrogens is 559 g/mol. The van der Waals surface area contributed by atoms with Gasteiger partial charge in [0.25, 0.3) is 5.91 Å². The van der Waals surface area contributed by atoms with Crippen LogP contribution in [-0.4, -0.2) is 72.3 Å². The molecule has 0 bridgehead atoms. The van der Waals surface area contributed by atoms with Gasteiger partial charge < -0.3 is 24.4 Å². The van der Waals surface area contributed by atoms with Crippen molar-refractivity contribution in [1.82, 2.24) is 14.8 Å². The van der Waals surface area contributed by atoms with Crippen molar-refractivity contribution < 1.29 is 32.5 Å². The Hall–Kier alpha value is -4.15. The standard InChI is InChI=1S/C33H34F3N3O4/c1-21(26-18-38(19-26)13-14-40)39(20-24-9-12-28(42-2)16-30(24)43-3)32(41)25-15-23-5-4-6-29(31(23)37-17-25)22-7-10-27(11-8-22)33(34,35)36/h4-12,15-17,21,26,40H,13-14,18-20H2,1-3H3. The van der Waals surface area contributed by atoms with Gasteiger partial charge >= 0.3 is 6.18 Å². The minimum absolute atomic E-state index is 0.0873. The fourth-order valence-electron chi connectivity index (χ4n) is 5.58. The number of aliphatic hydroxyl groups excluding tert-OH is 1. The molecule has 1 atom stereocenters. The van der Waals surface area contributed by atoms with Crippen LogP contribution in [0, 0.1) is 5.92 Å². The number of aliphatic hydroxyl groups is 1. The number of likely N-dealkylation sites (tertiary alicyclic amines) is 1. The predicted molar refractivity (Wildman–Crippen MR) is 158 cm³/mol. The summed E-state index contributed by atoms with van der Waals surface area (Å²) in [6.45, 7) is 4.57. The number of carbonyl (C=O) groups excluding carboxylic acids is 1. The van der Waals surface area contributed by atoms with E-state index in [1.165, 1.54) is 18.3 Å². The van der Waals surface area contributed by atoms with Crippen LogP contribution >= 0.6 is 0 Å². The number of pyridine rings is 1. The van der Waals surface area contributed by atoms with Crippen LogP contribution in [0.25, 0.3) is 22.0 Å². The molecule has 0 radical (unpaired) electrons. The number of rotatable bonds is 10. The van der Waals surface area contributed by atoms with Gasteiger partial charge in [-0.3, -0.25) is 9.78 Å². The number of methoxy groups -OCH3 is 2. The van der Waals surface area contributed by atoms with E-state index in [0.717, 1.165) is 30.8 Å². The average Bonchev–Trinajstić information content (AvgIpc) is 2.99. The lowest BCUT2D eigenvalue weighted by Gasteiger charge is -2.46. The highest BCUT2D eigenvalue weighted by Crippen LogP contribution is 2.34. The molecule has 0 spiro atoms. The maximum atomic E-state index is 14.2. The van der Waals surface area contributed by atoms with E-state index in [2.05, 4.69) is 9.88 Å². The van der Waals surface area contributed by atoms with Crippen LogP contribution in [0.5, 0.6) is 11.5 Å². The second-order valence-electron chi connectivity index (χ2n) is 10.8. The third-order valence-corrected chi connectivity index (χ3v) is 8.15. The molecule has 4 aromatic rings. The molecule has 1 fully saturated rings. The Labute approximate surface area is 248 Å². The minimum atomic E-state index is -4.42. The molecule has 1 aliphatic rings. The van der Waals surface area contributed by atoms with E-state index >= 15 is 0 Å². The van der Waals surface area contributed by atoms with Crippen molar-refractivity contribution in [3.63, 3.8) is 0 Å². The molecule has 43 heavy (non-hydrogen) atoms. The third kappa shape index (κ3) is 6.45. The summed E-state index contributed by atoms with van der Waals surface area (Å²) in [7, 11) is 3.16. The summed E-state index contributed by atoms with van der Waals surface area (Å²) in [4.78, 5) is 22.8. The third-order valence-electron chi connectivity index (χ3n) is 8.15. The Morgan fingerprint density at radius 2 is 1.81 bits per heavy atom. The zero-order valence-corrected chi connectivity index (χ0v) is 24.3. The lowest BCUT2D eigenvalue weighted by Crippen LogP contribution is -2.57. The van der Waals surface area contributed by atoms with Crippen LogP contribution < -0.4 is 9.47 Å². The first-order valence-electron chi connectivity index (χ1n) is 14.0. The zero-order chi connectivity index (χ0) is 30.7. The van der Waals surface area contributed by atoms with Crippen LogP contribution in [0.1, 0.15) is 28.4 Å². The summed E-state index contributed by atoms with van der Waals surface area (Å²) in [6, 6.07) is 17.6. The van der Waals surface area contributed by atoms with Gasteiger partial charge in [-0.15, -0.1) is 0 Å². The molecule has 5 rings (SSSR count). The number of β-amino-alcohol motifs (C(OH)–C–C–N with tert-alkyl or cyclic N) is 1. The summed E-state index contributed by atoms with van der Waals surface area (Å²) in [5.41, 5.74) is 2.39. The zero-order valence-electron chi connectivity index (χ0n) is 24.3. The topological polar surface area (TPSA) is 75.1 Å². The van der Waals surface area contributed by atoms with E-state index in [1.54, 1.807) is 38.5 Å². The number of hydrogen-bond acceptors (Lipinski definition) is 6. The molecule has 2 heterocycles. The monoisotopic (exact) mass is 593 g/mol. The fraction of sp³-hybridized carbons (Fsp3) is 0.333. The highest BCUT2D eigenvalue weighted by molar-refractivity contribution is 6.00. The van der Waals surface area contributed by atoms with Gasteiger partial charge in [-0.05, 0) is 42.8 Å². The normalized spacial score (nSPS) is 14.8. The molecule has 226 valence electrons. The van der Waals surface area contributed by atoms with Crippen molar-refractivity contribution in [1.29, 1.82) is 0 Å². The largest absolute Gasteiger partial charge is 0.497 e. The number of benzene rings is 3. The first-order valence-corrected chi connectivity index (χ1v) is 14.0. The van der Waals surface area contributed by atoms with Crippen LogP contribution in [-0.2, 0) is 12.7 Å². The smallest absolute Gasteiger partial charge is 0.416 e. The summed E-state index contributed by atoms with van der Waals surface area (Å²) in [5, 5.41) is 10.0. The van der Waals surface area contributed by atoms with E-state index in [4.69, 9.17) is 9.47 Å². The highest BCUT2D eigenvalue weighted by atomic mass is 19.4. The second-order valence-corrected chi connectivity index (χ2v) is 10.8. The van der Waals surface area contributed by atoms with Crippen molar-refractivity contribution in [2.24, 2.45) is 5.92 Å². The molecule has 7 nitrogen and oxygen atoms in total. The Kier molecular flexibility index (Phi) is 8.89. The Morgan fingerprint density at radius 1 is 1.07 bits per heavy atom. The molecule has 1 aromatic heterocycles. The summed E-state index contributed by atoms with van der Waals surface area (Å²) < 4.78 is 50.2. The van der Waals surface area contributed by atoms with E-state index in [0.29, 0.717) is 52.2 Å². The first kappa shape index (κ1) is 30.3. The maximum absolute atomic E-state index is 14.2. The molecule has 1 unspecified atom stereocenters. The number of ether oxygens (including phenoxy) is 2. The second kappa shape index (κ2) is 12.6. The molecule has 1 saturated heterocycles. The lowest BCUT2D eigenvalue weighted by molar-refractivity contribution is -0.137. The Balaban J connectivity index is 1.47. The number of fused-ring (bicyclic) bond motifs is 1. The van der Waals surface area contributed by atoms with Gasteiger partial charge in [0.1, 0.15) is 11.5 Å². The number of amides is 1. The molecule has 10 heteroatoms. The van der Waals surface area contributed by atoms with E-state index in [9.17, 15) is 23.1 Å². The maximum Gasteiger partial charge on any atom is 0.416 e. The van der Waals surface area contributed by atoms with Gasteiger partial charge in [-0.1, -0.05) is 30.3 Å². The number of para-hydroxylation sites is 1. The average molecular weight is 594 g/mol. The number of halogens is 3. The summed E-state index contributed by atoms with van der Waals surface area (Å²) >= 11 is 0. The molecule has 3 aromatic carbocycles. The number of hydrogen-bond donors (Lipinski definition) is 1. The van der Waals surface area contributed by atoms with Crippen LogP contribution in [0.4, 0.5) is 13.2 Å². The number of carbonyl (C=O) groups is 1. The van der Waals surface area contributed by atoms with Crippen molar-refractivity contribution in [3.05, 3.63) is 89.6 Å². The quantitative estimate of drug-likeness (QED) is 0.247. The number of nitrogens with zero attached hydrogens (tertiary/aromatic N) is 3. The number of aromatic nitrogens is 1. The van der Waals surface area contributed by atoms with Gasteiger partial charge in [0.05, 0.1) is 37.5 Å². The SMILES string of the molecule is COc1ccc(CN(C(=O)c2cnc3c(-c4ccc(C(F)(F)F)cc4)cccc3c2)C(C)C2CN(CCO)C2)c(OC)c1. The summed E-state index contributed by atoms with van der Waals surface area (Å²) in [6.07, 6.45) is -2.89. The van der Waals surface area contributed by atoms with Crippen molar-refractivity contribution in [3.8, 4) is 22.6 Å². The summed E-state index contributed by atoms with van der Waals surface area (Å²) in [5.74, 6) is 1.28. The Bertz CT molecular complexity index is 1590. The fourth-order valence-corrected chi connectivity index (χ4v) is 5.58. The number of alkyl halides is 3. The first-order chi connectivity index (χ1) is 20.6. The minimum Gasteiger partial charge on any atom is -0.497 e.